The number of imidazole rings is 1. The SMILES string of the molecule is C[C@H]1CCCN(Cc2nc3c(c(=O)n(C)c(=O)n3C)n2CCCc2ccccc2)C1. The minimum Gasteiger partial charge on any atom is -0.321 e. The van der Waals surface area contributed by atoms with Gasteiger partial charge >= 0.3 is 5.69 Å². The van der Waals surface area contributed by atoms with Crippen molar-refractivity contribution in [2.75, 3.05) is 13.1 Å². The van der Waals surface area contributed by atoms with Crippen LogP contribution in [0.3, 0.4) is 0 Å². The van der Waals surface area contributed by atoms with Crippen molar-refractivity contribution in [1.29, 1.82) is 0 Å². The molecule has 0 radical (unpaired) electrons. The molecule has 1 aliphatic heterocycles. The summed E-state index contributed by atoms with van der Waals surface area (Å²) in [6.07, 6.45) is 4.30. The molecule has 0 saturated carbocycles. The summed E-state index contributed by atoms with van der Waals surface area (Å²) in [5, 5.41) is 0. The predicted molar refractivity (Wildman–Crippen MR) is 119 cm³/mol. The lowest BCUT2D eigenvalue weighted by molar-refractivity contribution is 0.171. The number of likely N-dealkylation sites (tertiary alicyclic amines) is 1. The van der Waals surface area contributed by atoms with E-state index in [1.165, 1.54) is 34.6 Å². The molecule has 2 aromatic heterocycles. The zero-order valence-electron chi connectivity index (χ0n) is 18.2. The summed E-state index contributed by atoms with van der Waals surface area (Å²) < 4.78 is 4.73. The van der Waals surface area contributed by atoms with Crippen LogP contribution in [0.1, 0.15) is 37.6 Å². The van der Waals surface area contributed by atoms with Crippen molar-refractivity contribution in [2.45, 2.75) is 45.7 Å². The van der Waals surface area contributed by atoms with Crippen LogP contribution in [0.4, 0.5) is 0 Å². The molecule has 0 N–H and O–H groups in total. The highest BCUT2D eigenvalue weighted by Crippen LogP contribution is 2.20. The zero-order valence-corrected chi connectivity index (χ0v) is 18.2. The van der Waals surface area contributed by atoms with Crippen molar-refractivity contribution in [3.8, 4) is 0 Å². The third-order valence-corrected chi connectivity index (χ3v) is 6.22. The Bertz CT molecular complexity index is 1140. The Kier molecular flexibility index (Phi) is 5.90. The van der Waals surface area contributed by atoms with Crippen LogP contribution in [0.25, 0.3) is 11.2 Å². The summed E-state index contributed by atoms with van der Waals surface area (Å²) in [5.41, 5.74) is 1.71. The van der Waals surface area contributed by atoms with E-state index in [4.69, 9.17) is 4.98 Å². The second kappa shape index (κ2) is 8.60. The Balaban J connectivity index is 1.70. The van der Waals surface area contributed by atoms with Gasteiger partial charge in [0.1, 0.15) is 5.82 Å². The number of nitrogens with zero attached hydrogens (tertiary/aromatic N) is 5. The summed E-state index contributed by atoms with van der Waals surface area (Å²) in [5.74, 6) is 1.55. The summed E-state index contributed by atoms with van der Waals surface area (Å²) >= 11 is 0. The van der Waals surface area contributed by atoms with E-state index in [9.17, 15) is 9.59 Å². The van der Waals surface area contributed by atoms with Gasteiger partial charge in [-0.2, -0.15) is 0 Å². The largest absolute Gasteiger partial charge is 0.332 e. The number of piperidine rings is 1. The number of benzene rings is 1. The van der Waals surface area contributed by atoms with Gasteiger partial charge in [-0.25, -0.2) is 9.78 Å². The topological polar surface area (TPSA) is 65.1 Å². The molecule has 0 unspecified atom stereocenters. The highest BCUT2D eigenvalue weighted by molar-refractivity contribution is 5.71. The van der Waals surface area contributed by atoms with Crippen LogP contribution in [-0.2, 0) is 33.6 Å². The molecule has 4 rings (SSSR count). The Hall–Kier alpha value is -2.67. The average molecular weight is 410 g/mol. The molecule has 1 aliphatic rings. The average Bonchev–Trinajstić information content (AvgIpc) is 3.10. The van der Waals surface area contributed by atoms with E-state index < -0.39 is 0 Å². The molecule has 3 aromatic rings. The van der Waals surface area contributed by atoms with Crippen molar-refractivity contribution in [1.82, 2.24) is 23.6 Å². The van der Waals surface area contributed by atoms with Crippen LogP contribution in [-0.4, -0.2) is 36.7 Å². The zero-order chi connectivity index (χ0) is 21.3. The highest BCUT2D eigenvalue weighted by Gasteiger charge is 2.22. The van der Waals surface area contributed by atoms with E-state index in [0.29, 0.717) is 30.2 Å². The molecule has 0 spiro atoms. The van der Waals surface area contributed by atoms with Gasteiger partial charge in [-0.3, -0.25) is 18.8 Å². The first-order valence-corrected chi connectivity index (χ1v) is 10.9. The first-order valence-electron chi connectivity index (χ1n) is 10.9. The fourth-order valence-electron chi connectivity index (χ4n) is 4.57. The van der Waals surface area contributed by atoms with E-state index in [2.05, 4.69) is 40.7 Å². The standard InChI is InChI=1S/C23H31N5O2/c1-17-9-7-13-27(15-17)16-19-24-21-20(22(29)26(3)23(30)25(21)2)28(19)14-8-12-18-10-5-4-6-11-18/h4-6,10-11,17H,7-9,12-16H2,1-3H3/t17-/m0/s1. The summed E-state index contributed by atoms with van der Waals surface area (Å²) in [6, 6.07) is 10.4. The maximum Gasteiger partial charge on any atom is 0.332 e. The van der Waals surface area contributed by atoms with Gasteiger partial charge < -0.3 is 4.57 Å². The van der Waals surface area contributed by atoms with Gasteiger partial charge in [-0.15, -0.1) is 0 Å². The molecule has 1 fully saturated rings. The molecule has 160 valence electrons. The lowest BCUT2D eigenvalue weighted by Crippen LogP contribution is -2.37. The fourth-order valence-corrected chi connectivity index (χ4v) is 4.57. The van der Waals surface area contributed by atoms with Crippen LogP contribution in [0, 0.1) is 5.92 Å². The van der Waals surface area contributed by atoms with E-state index >= 15 is 0 Å². The van der Waals surface area contributed by atoms with Crippen LogP contribution in [0.5, 0.6) is 0 Å². The van der Waals surface area contributed by atoms with Crippen LogP contribution in [0.15, 0.2) is 39.9 Å². The van der Waals surface area contributed by atoms with Crippen molar-refractivity contribution in [3.63, 3.8) is 0 Å². The second-order valence-electron chi connectivity index (χ2n) is 8.63. The van der Waals surface area contributed by atoms with Crippen LogP contribution in [0.2, 0.25) is 0 Å². The van der Waals surface area contributed by atoms with Gasteiger partial charge in [-0.05, 0) is 43.7 Å². The Morgan fingerprint density at radius 3 is 2.60 bits per heavy atom. The van der Waals surface area contributed by atoms with E-state index in [1.807, 2.05) is 6.07 Å². The number of aryl methyl sites for hydroxylation is 3. The Morgan fingerprint density at radius 1 is 1.10 bits per heavy atom. The van der Waals surface area contributed by atoms with E-state index in [-0.39, 0.29) is 11.2 Å². The van der Waals surface area contributed by atoms with Gasteiger partial charge in [-0.1, -0.05) is 37.3 Å². The summed E-state index contributed by atoms with van der Waals surface area (Å²) in [4.78, 5) is 32.6. The molecular weight excluding hydrogens is 378 g/mol. The van der Waals surface area contributed by atoms with Crippen LogP contribution < -0.4 is 11.2 Å². The molecule has 0 amide bonds. The molecule has 30 heavy (non-hydrogen) atoms. The number of rotatable bonds is 6. The van der Waals surface area contributed by atoms with E-state index in [1.54, 1.807) is 7.05 Å². The minimum absolute atomic E-state index is 0.265. The van der Waals surface area contributed by atoms with Crippen LogP contribution >= 0.6 is 0 Å². The van der Waals surface area contributed by atoms with Gasteiger partial charge in [0.05, 0.1) is 6.54 Å². The van der Waals surface area contributed by atoms with Gasteiger partial charge in [0.2, 0.25) is 0 Å². The molecular formula is C23H31N5O2. The molecule has 0 bridgehead atoms. The molecule has 7 heteroatoms. The maximum absolute atomic E-state index is 13.0. The second-order valence-corrected chi connectivity index (χ2v) is 8.63. The molecule has 1 saturated heterocycles. The molecule has 0 aliphatic carbocycles. The smallest absolute Gasteiger partial charge is 0.321 e. The van der Waals surface area contributed by atoms with Crippen molar-refractivity contribution >= 4 is 11.2 Å². The maximum atomic E-state index is 13.0. The lowest BCUT2D eigenvalue weighted by atomic mass is 10.0. The number of aromatic nitrogens is 4. The van der Waals surface area contributed by atoms with E-state index in [0.717, 1.165) is 31.8 Å². The third-order valence-electron chi connectivity index (χ3n) is 6.22. The summed E-state index contributed by atoms with van der Waals surface area (Å²) in [6.45, 7) is 5.80. The molecule has 3 heterocycles. The Labute approximate surface area is 176 Å². The first-order chi connectivity index (χ1) is 14.5. The van der Waals surface area contributed by atoms with Crippen molar-refractivity contribution < 1.29 is 0 Å². The minimum atomic E-state index is -0.334. The molecule has 1 aromatic carbocycles. The predicted octanol–water partition coefficient (Wildman–Crippen LogP) is 2.30. The quantitative estimate of drug-likeness (QED) is 0.627. The highest BCUT2D eigenvalue weighted by atomic mass is 16.2. The number of hydrogen-bond acceptors (Lipinski definition) is 4. The first kappa shape index (κ1) is 20.6. The number of fused-ring (bicyclic) bond motifs is 1. The fraction of sp³-hybridized carbons (Fsp3) is 0.522. The molecule has 7 nitrogen and oxygen atoms in total. The normalized spacial score (nSPS) is 17.6. The summed E-state index contributed by atoms with van der Waals surface area (Å²) in [7, 11) is 3.23. The van der Waals surface area contributed by atoms with Gasteiger partial charge in [0.15, 0.2) is 11.2 Å². The number of hydrogen-bond donors (Lipinski definition) is 0. The van der Waals surface area contributed by atoms with Crippen molar-refractivity contribution in [2.24, 2.45) is 20.0 Å². The lowest BCUT2D eigenvalue weighted by Gasteiger charge is -2.30. The molecule has 1 atom stereocenters. The monoisotopic (exact) mass is 409 g/mol. The third kappa shape index (κ3) is 3.99. The van der Waals surface area contributed by atoms with Gasteiger partial charge in [0, 0.05) is 27.2 Å². The van der Waals surface area contributed by atoms with Gasteiger partial charge in [0.25, 0.3) is 5.56 Å². The van der Waals surface area contributed by atoms with Crippen molar-refractivity contribution in [3.05, 3.63) is 62.6 Å². The Morgan fingerprint density at radius 2 is 1.87 bits per heavy atom.